The summed E-state index contributed by atoms with van der Waals surface area (Å²) in [5, 5.41) is 0. The van der Waals surface area contributed by atoms with Crippen molar-refractivity contribution in [1.82, 2.24) is 14.7 Å². The molecule has 0 spiro atoms. The standard InChI is InChI=1S/C16H33N4/c1-2-3-12-20-13-5-8-19(16-20)10-9-17-6-4-7-18(15-17)11-14-20/h2-16H2,1H3/q+1. The van der Waals surface area contributed by atoms with Crippen LogP contribution < -0.4 is 0 Å². The molecule has 4 atom stereocenters. The van der Waals surface area contributed by atoms with Gasteiger partial charge in [0, 0.05) is 45.7 Å². The van der Waals surface area contributed by atoms with Gasteiger partial charge in [0.2, 0.25) is 0 Å². The molecule has 4 nitrogen and oxygen atoms in total. The monoisotopic (exact) mass is 281 g/mol. The van der Waals surface area contributed by atoms with Crippen LogP contribution in [0.25, 0.3) is 0 Å². The quantitative estimate of drug-likeness (QED) is 0.721. The predicted molar refractivity (Wildman–Crippen MR) is 83.5 cm³/mol. The molecule has 3 saturated heterocycles. The Morgan fingerprint density at radius 3 is 2.40 bits per heavy atom. The van der Waals surface area contributed by atoms with Crippen molar-refractivity contribution in [2.45, 2.75) is 32.6 Å². The average Bonchev–Trinajstić information content (AvgIpc) is 2.49. The Balaban J connectivity index is 1.69. The molecule has 0 aromatic heterocycles. The lowest BCUT2D eigenvalue weighted by molar-refractivity contribution is -0.942. The van der Waals surface area contributed by atoms with Gasteiger partial charge < -0.3 is 4.48 Å². The minimum Gasteiger partial charge on any atom is -0.310 e. The Kier molecular flexibility index (Phi) is 4.97. The number of nitrogens with zero attached hydrogens (tertiary/aromatic N) is 4. The summed E-state index contributed by atoms with van der Waals surface area (Å²) in [6, 6.07) is 0. The molecule has 3 aliphatic heterocycles. The first-order valence-corrected chi connectivity index (χ1v) is 8.82. The van der Waals surface area contributed by atoms with Crippen molar-refractivity contribution < 1.29 is 4.48 Å². The smallest absolute Gasteiger partial charge is 0.135 e. The van der Waals surface area contributed by atoms with Crippen LogP contribution in [0.15, 0.2) is 0 Å². The van der Waals surface area contributed by atoms with Crippen molar-refractivity contribution in [1.29, 1.82) is 0 Å². The first-order chi connectivity index (χ1) is 9.80. The molecule has 4 unspecified atom stereocenters. The third-order valence-electron chi connectivity index (χ3n) is 5.56. The number of unbranched alkanes of at least 4 members (excludes halogenated alkanes) is 1. The van der Waals surface area contributed by atoms with Gasteiger partial charge in [-0.05, 0) is 12.8 Å². The number of quaternary nitrogens is 1. The Morgan fingerprint density at radius 2 is 1.55 bits per heavy atom. The second-order valence-corrected chi connectivity index (χ2v) is 7.21. The van der Waals surface area contributed by atoms with E-state index in [1.54, 1.807) is 0 Å². The number of hydrogen-bond donors (Lipinski definition) is 0. The van der Waals surface area contributed by atoms with Gasteiger partial charge in [-0.2, -0.15) is 0 Å². The van der Waals surface area contributed by atoms with E-state index in [4.69, 9.17) is 0 Å². The minimum atomic E-state index is 1.22. The highest BCUT2D eigenvalue weighted by Gasteiger charge is 2.35. The van der Waals surface area contributed by atoms with Crippen molar-refractivity contribution >= 4 is 0 Å². The van der Waals surface area contributed by atoms with Crippen LogP contribution in [0, 0.1) is 0 Å². The van der Waals surface area contributed by atoms with Crippen LogP contribution in [0.1, 0.15) is 32.6 Å². The summed E-state index contributed by atoms with van der Waals surface area (Å²) in [7, 11) is 0. The van der Waals surface area contributed by atoms with Crippen LogP contribution in [0.2, 0.25) is 0 Å². The number of fused-ring (bicyclic) bond motifs is 4. The first kappa shape index (κ1) is 14.8. The van der Waals surface area contributed by atoms with Gasteiger partial charge in [-0.15, -0.1) is 0 Å². The van der Waals surface area contributed by atoms with E-state index in [0.717, 1.165) is 0 Å². The van der Waals surface area contributed by atoms with Crippen molar-refractivity contribution in [3.8, 4) is 0 Å². The lowest BCUT2D eigenvalue weighted by Crippen LogP contribution is -2.64. The maximum absolute atomic E-state index is 2.75. The van der Waals surface area contributed by atoms with Gasteiger partial charge in [0.15, 0.2) is 0 Å². The molecule has 0 radical (unpaired) electrons. The van der Waals surface area contributed by atoms with Gasteiger partial charge in [0.05, 0.1) is 26.3 Å². The molecule has 3 fully saturated rings. The molecule has 0 saturated carbocycles. The maximum Gasteiger partial charge on any atom is 0.135 e. The third-order valence-corrected chi connectivity index (χ3v) is 5.56. The van der Waals surface area contributed by atoms with Crippen LogP contribution in [0.3, 0.4) is 0 Å². The summed E-state index contributed by atoms with van der Waals surface area (Å²) in [6.45, 7) is 17.0. The van der Waals surface area contributed by atoms with E-state index in [0.29, 0.717) is 0 Å². The molecule has 0 amide bonds. The Morgan fingerprint density at radius 1 is 0.800 bits per heavy atom. The number of hydrogen-bond acceptors (Lipinski definition) is 3. The average molecular weight is 281 g/mol. The van der Waals surface area contributed by atoms with Crippen molar-refractivity contribution in [2.24, 2.45) is 0 Å². The van der Waals surface area contributed by atoms with Gasteiger partial charge in [-0.3, -0.25) is 14.7 Å². The Bertz CT molecular complexity index is 309. The fourth-order valence-electron chi connectivity index (χ4n) is 4.29. The molecule has 20 heavy (non-hydrogen) atoms. The van der Waals surface area contributed by atoms with E-state index in [9.17, 15) is 0 Å². The summed E-state index contributed by atoms with van der Waals surface area (Å²) in [6.07, 6.45) is 5.52. The minimum absolute atomic E-state index is 1.22. The molecule has 3 rings (SSSR count). The summed E-state index contributed by atoms with van der Waals surface area (Å²) >= 11 is 0. The second kappa shape index (κ2) is 6.73. The molecule has 0 aromatic carbocycles. The van der Waals surface area contributed by atoms with Gasteiger partial charge in [0.25, 0.3) is 0 Å². The topological polar surface area (TPSA) is 9.72 Å². The van der Waals surface area contributed by atoms with Crippen molar-refractivity contribution in [3.63, 3.8) is 0 Å². The SMILES string of the molecule is CCCC[N+]12CCCN(CCN3CCCN(CC1)C3)C2. The molecular weight excluding hydrogens is 248 g/mol. The normalized spacial score (nSPS) is 42.1. The van der Waals surface area contributed by atoms with Crippen LogP contribution in [0.5, 0.6) is 0 Å². The molecule has 3 aliphatic rings. The highest BCUT2D eigenvalue weighted by atomic mass is 15.5. The van der Waals surface area contributed by atoms with E-state index in [2.05, 4.69) is 21.6 Å². The summed E-state index contributed by atoms with van der Waals surface area (Å²) < 4.78 is 1.38. The fraction of sp³-hybridized carbons (Fsp3) is 1.00. The molecule has 4 bridgehead atoms. The summed E-state index contributed by atoms with van der Waals surface area (Å²) in [5.41, 5.74) is 0. The third kappa shape index (κ3) is 3.53. The molecule has 0 N–H and O–H groups in total. The van der Waals surface area contributed by atoms with Crippen molar-refractivity contribution in [2.75, 3.05) is 72.2 Å². The Hall–Kier alpha value is -0.160. The lowest BCUT2D eigenvalue weighted by atomic mass is 10.1. The molecule has 4 heteroatoms. The number of rotatable bonds is 3. The highest BCUT2D eigenvalue weighted by Crippen LogP contribution is 2.20. The lowest BCUT2D eigenvalue weighted by Gasteiger charge is -2.49. The molecule has 116 valence electrons. The second-order valence-electron chi connectivity index (χ2n) is 7.21. The first-order valence-electron chi connectivity index (χ1n) is 8.82. The van der Waals surface area contributed by atoms with Gasteiger partial charge >= 0.3 is 0 Å². The van der Waals surface area contributed by atoms with Crippen LogP contribution in [-0.4, -0.2) is 91.4 Å². The van der Waals surface area contributed by atoms with Crippen molar-refractivity contribution in [3.05, 3.63) is 0 Å². The molecule has 0 aliphatic carbocycles. The zero-order valence-electron chi connectivity index (χ0n) is 13.4. The van der Waals surface area contributed by atoms with E-state index in [1.807, 2.05) is 0 Å². The molecule has 0 aromatic rings. The summed E-state index contributed by atoms with van der Waals surface area (Å²) in [5.74, 6) is 0. The van der Waals surface area contributed by atoms with Crippen LogP contribution >= 0.6 is 0 Å². The van der Waals surface area contributed by atoms with Crippen LogP contribution in [-0.2, 0) is 0 Å². The van der Waals surface area contributed by atoms with Crippen LogP contribution in [0.4, 0.5) is 0 Å². The largest absolute Gasteiger partial charge is 0.310 e. The fourth-order valence-corrected chi connectivity index (χ4v) is 4.29. The Labute approximate surface area is 124 Å². The summed E-state index contributed by atoms with van der Waals surface area (Å²) in [4.78, 5) is 8.13. The predicted octanol–water partition coefficient (Wildman–Crippen LogP) is 1.25. The van der Waals surface area contributed by atoms with Gasteiger partial charge in [0.1, 0.15) is 6.67 Å². The molecular formula is C16H33N4+. The molecule has 3 heterocycles. The van der Waals surface area contributed by atoms with Gasteiger partial charge in [-0.1, -0.05) is 13.3 Å². The van der Waals surface area contributed by atoms with E-state index in [-0.39, 0.29) is 0 Å². The highest BCUT2D eigenvalue weighted by molar-refractivity contribution is 4.73. The van der Waals surface area contributed by atoms with E-state index >= 15 is 0 Å². The zero-order chi connectivity index (χ0) is 13.8. The van der Waals surface area contributed by atoms with Gasteiger partial charge in [-0.25, -0.2) is 0 Å². The zero-order valence-corrected chi connectivity index (χ0v) is 13.4. The van der Waals surface area contributed by atoms with E-state index in [1.165, 1.54) is 102 Å². The maximum atomic E-state index is 2.75. The van der Waals surface area contributed by atoms with E-state index < -0.39 is 0 Å².